The zero-order valence-electron chi connectivity index (χ0n) is 19.0. The number of benzene rings is 1. The van der Waals surface area contributed by atoms with E-state index in [4.69, 9.17) is 17.0 Å². The lowest BCUT2D eigenvalue weighted by molar-refractivity contribution is -0.147. The van der Waals surface area contributed by atoms with Crippen molar-refractivity contribution in [2.24, 2.45) is 0 Å². The van der Waals surface area contributed by atoms with Gasteiger partial charge in [-0.3, -0.25) is 4.79 Å². The van der Waals surface area contributed by atoms with Gasteiger partial charge < -0.3 is 30.2 Å². The van der Waals surface area contributed by atoms with Crippen LogP contribution in [0.3, 0.4) is 0 Å². The molecule has 2 atom stereocenters. The maximum absolute atomic E-state index is 12.6. The largest absolute Gasteiger partial charge is 0.481 e. The number of esters is 1. The number of thiocarbonyl (C=S) groups is 1. The topological polar surface area (TPSA) is 130 Å². The lowest BCUT2D eigenvalue weighted by atomic mass is 10.1. The molecule has 2 rings (SSSR count). The maximum atomic E-state index is 12.6. The zero-order chi connectivity index (χ0) is 24.8. The van der Waals surface area contributed by atoms with E-state index in [9.17, 15) is 24.6 Å². The van der Waals surface area contributed by atoms with Gasteiger partial charge in [0.1, 0.15) is 12.1 Å². The Morgan fingerprint density at radius 2 is 1.88 bits per heavy atom. The number of thioether (sulfide) groups is 1. The first-order valence-corrected chi connectivity index (χ1v) is 11.7. The number of carbonyl (C=O) groups is 3. The van der Waals surface area contributed by atoms with E-state index in [-0.39, 0.29) is 23.0 Å². The third kappa shape index (κ3) is 7.64. The quantitative estimate of drug-likeness (QED) is 0.222. The number of ether oxygens (including phenoxy) is 1. The van der Waals surface area contributed by atoms with E-state index in [0.717, 1.165) is 10.8 Å². The number of carboxylic acids is 2. The smallest absolute Gasteiger partial charge is 0.329 e. The van der Waals surface area contributed by atoms with Crippen molar-refractivity contribution in [2.45, 2.75) is 56.8 Å². The third-order valence-electron chi connectivity index (χ3n) is 4.44. The highest BCUT2D eigenvalue weighted by Gasteiger charge is 2.28. The van der Waals surface area contributed by atoms with E-state index in [1.165, 1.54) is 16.3 Å². The Morgan fingerprint density at radius 3 is 2.45 bits per heavy atom. The fraction of sp³-hybridized carbons (Fsp3) is 0.455. The molecule has 11 heteroatoms. The summed E-state index contributed by atoms with van der Waals surface area (Å²) in [7, 11) is 0. The molecule has 0 aliphatic carbocycles. The molecule has 180 valence electrons. The van der Waals surface area contributed by atoms with Gasteiger partial charge in [-0.2, -0.15) is 0 Å². The lowest BCUT2D eigenvalue weighted by Crippen LogP contribution is -2.52. The Balaban J connectivity index is 2.37. The monoisotopic (exact) mass is 495 g/mol. The highest BCUT2D eigenvalue weighted by Crippen LogP contribution is 2.34. The first-order valence-electron chi connectivity index (χ1n) is 10.3. The van der Waals surface area contributed by atoms with E-state index < -0.39 is 36.4 Å². The van der Waals surface area contributed by atoms with E-state index in [1.54, 1.807) is 13.1 Å². The zero-order valence-corrected chi connectivity index (χ0v) is 20.6. The number of aromatic nitrogens is 1. The summed E-state index contributed by atoms with van der Waals surface area (Å²) in [6, 6.07) is 5.17. The van der Waals surface area contributed by atoms with Crippen molar-refractivity contribution in [3.8, 4) is 0 Å². The van der Waals surface area contributed by atoms with E-state index >= 15 is 0 Å². The Bertz CT molecular complexity index is 1030. The molecule has 0 fully saturated rings. The van der Waals surface area contributed by atoms with Gasteiger partial charge in [0.25, 0.3) is 0 Å². The highest BCUT2D eigenvalue weighted by molar-refractivity contribution is 7.99. The molecule has 0 aliphatic heterocycles. The van der Waals surface area contributed by atoms with Gasteiger partial charge in [-0.05, 0) is 39.9 Å². The van der Waals surface area contributed by atoms with Crippen molar-refractivity contribution in [3.63, 3.8) is 0 Å². The molecule has 0 radical (unpaired) electrons. The fourth-order valence-corrected chi connectivity index (χ4v) is 4.78. The predicted octanol–water partition coefficient (Wildman–Crippen LogP) is 3.03. The molecule has 1 heterocycles. The maximum Gasteiger partial charge on any atom is 0.329 e. The minimum absolute atomic E-state index is 0.179. The van der Waals surface area contributed by atoms with Crippen LogP contribution in [0.15, 0.2) is 35.5 Å². The van der Waals surface area contributed by atoms with Crippen molar-refractivity contribution in [2.75, 3.05) is 12.4 Å². The normalized spacial score (nSPS) is 13.2. The Kier molecular flexibility index (Phi) is 9.12. The average Bonchev–Trinajstić information content (AvgIpc) is 3.06. The standard InChI is InChI=1S/C22H29N3O6S2/c1-5-31-20(30)15(23-21(32)24-22(2,3)4)12-33-18-14-9-7-6-8-13(14)11-25(18)16(19(28)29)10-17(26)27/h6-9,11,15-16H,5,10,12H2,1-4H3,(H,26,27)(H,28,29)(H2,23,24,32)/t15-,16+/m0/s1. The summed E-state index contributed by atoms with van der Waals surface area (Å²) in [6.07, 6.45) is 1.04. The van der Waals surface area contributed by atoms with Crippen molar-refractivity contribution in [3.05, 3.63) is 30.5 Å². The Hall–Kier alpha value is -2.79. The molecule has 0 saturated carbocycles. The highest BCUT2D eigenvalue weighted by atomic mass is 32.2. The number of fused-ring (bicyclic) bond motifs is 1. The summed E-state index contributed by atoms with van der Waals surface area (Å²) >= 11 is 6.57. The molecule has 4 N–H and O–H groups in total. The van der Waals surface area contributed by atoms with Crippen LogP contribution >= 0.6 is 24.0 Å². The summed E-state index contributed by atoms with van der Waals surface area (Å²) in [5.41, 5.74) is -0.313. The lowest BCUT2D eigenvalue weighted by Gasteiger charge is -2.26. The van der Waals surface area contributed by atoms with Gasteiger partial charge >= 0.3 is 17.9 Å². The molecule has 9 nitrogen and oxygen atoms in total. The second kappa shape index (κ2) is 11.4. The number of hydrogen-bond acceptors (Lipinski definition) is 6. The van der Waals surface area contributed by atoms with Gasteiger partial charge in [-0.1, -0.05) is 24.3 Å². The van der Waals surface area contributed by atoms with Crippen LogP contribution in [0.5, 0.6) is 0 Å². The van der Waals surface area contributed by atoms with E-state index in [0.29, 0.717) is 5.03 Å². The van der Waals surface area contributed by atoms with Crippen LogP contribution in [0.1, 0.15) is 40.2 Å². The SMILES string of the molecule is CCOC(=O)[C@H](CSc1c2ccccc2cn1[C@H](CC(=O)O)C(=O)O)NC(=S)NC(C)(C)C. The molecule has 0 amide bonds. The van der Waals surface area contributed by atoms with Gasteiger partial charge in [0.2, 0.25) is 0 Å². The molecule has 2 aromatic rings. The number of rotatable bonds is 10. The van der Waals surface area contributed by atoms with E-state index in [1.807, 2.05) is 45.0 Å². The van der Waals surface area contributed by atoms with Gasteiger partial charge in [0.05, 0.1) is 18.1 Å². The van der Waals surface area contributed by atoms with Crippen molar-refractivity contribution < 1.29 is 29.3 Å². The molecule has 0 aliphatic rings. The average molecular weight is 496 g/mol. The summed E-state index contributed by atoms with van der Waals surface area (Å²) in [5.74, 6) is -2.79. The molecule has 0 spiro atoms. The fourth-order valence-electron chi connectivity index (χ4n) is 3.11. The number of nitrogens with one attached hydrogen (secondary N) is 2. The van der Waals surface area contributed by atoms with Crippen LogP contribution in [0.4, 0.5) is 0 Å². The second-order valence-electron chi connectivity index (χ2n) is 8.34. The number of carboxylic acid groups (broad SMARTS) is 2. The van der Waals surface area contributed by atoms with Crippen molar-refractivity contribution in [1.82, 2.24) is 15.2 Å². The summed E-state index contributed by atoms with van der Waals surface area (Å²) < 4.78 is 6.62. The van der Waals surface area contributed by atoms with Crippen LogP contribution < -0.4 is 10.6 Å². The minimum Gasteiger partial charge on any atom is -0.481 e. The van der Waals surface area contributed by atoms with Gasteiger partial charge in [-0.25, -0.2) is 9.59 Å². The van der Waals surface area contributed by atoms with Gasteiger partial charge in [-0.15, -0.1) is 11.8 Å². The second-order valence-corrected chi connectivity index (χ2v) is 9.76. The molecule has 33 heavy (non-hydrogen) atoms. The van der Waals surface area contributed by atoms with Crippen LogP contribution in [0, 0.1) is 0 Å². The summed E-state index contributed by atoms with van der Waals surface area (Å²) in [6.45, 7) is 7.70. The Labute approximate surface area is 201 Å². The first-order chi connectivity index (χ1) is 15.4. The first kappa shape index (κ1) is 26.5. The molecule has 1 aromatic carbocycles. The van der Waals surface area contributed by atoms with Crippen molar-refractivity contribution >= 4 is 57.8 Å². The van der Waals surface area contributed by atoms with Crippen LogP contribution in [-0.4, -0.2) is 61.7 Å². The van der Waals surface area contributed by atoms with Crippen molar-refractivity contribution in [1.29, 1.82) is 0 Å². The molecule has 1 aromatic heterocycles. The number of hydrogen-bond donors (Lipinski definition) is 4. The number of nitrogens with zero attached hydrogens (tertiary/aromatic N) is 1. The molecular formula is C22H29N3O6S2. The predicted molar refractivity (Wildman–Crippen MR) is 131 cm³/mol. The van der Waals surface area contributed by atoms with Gasteiger partial charge in [0, 0.05) is 28.3 Å². The van der Waals surface area contributed by atoms with Gasteiger partial charge in [0.15, 0.2) is 5.11 Å². The van der Waals surface area contributed by atoms with Crippen LogP contribution in [0.25, 0.3) is 10.8 Å². The molecule has 0 saturated heterocycles. The molecule has 0 unspecified atom stereocenters. The third-order valence-corrected chi connectivity index (χ3v) is 5.87. The molecule has 0 bridgehead atoms. The molecular weight excluding hydrogens is 466 g/mol. The Morgan fingerprint density at radius 1 is 1.21 bits per heavy atom. The minimum atomic E-state index is -1.30. The number of carbonyl (C=O) groups excluding carboxylic acids is 1. The van der Waals surface area contributed by atoms with Crippen LogP contribution in [-0.2, 0) is 19.1 Å². The van der Waals surface area contributed by atoms with E-state index in [2.05, 4.69) is 10.6 Å². The number of aliphatic carboxylic acids is 2. The van der Waals surface area contributed by atoms with Crippen LogP contribution in [0.2, 0.25) is 0 Å². The summed E-state index contributed by atoms with van der Waals surface area (Å²) in [4.78, 5) is 35.7. The summed E-state index contributed by atoms with van der Waals surface area (Å²) in [5, 5.41) is 27.3.